The summed E-state index contributed by atoms with van der Waals surface area (Å²) in [7, 11) is 0. The minimum atomic E-state index is 0.00222. The van der Waals surface area contributed by atoms with Gasteiger partial charge in [0.25, 0.3) is 0 Å². The molecule has 6 nitrogen and oxygen atoms in total. The first-order valence-electron chi connectivity index (χ1n) is 11.6. The highest BCUT2D eigenvalue weighted by Gasteiger charge is 2.26. The Hall–Kier alpha value is -2.86. The molecule has 0 unspecified atom stereocenters. The Morgan fingerprint density at radius 3 is 2.34 bits per heavy atom. The highest BCUT2D eigenvalue weighted by atomic mass is 16.2. The maximum Gasteiger partial charge on any atom is 0.242 e. The van der Waals surface area contributed by atoms with E-state index in [0.29, 0.717) is 26.2 Å². The summed E-state index contributed by atoms with van der Waals surface area (Å²) in [5, 5.41) is 3.06. The molecule has 2 heterocycles. The highest BCUT2D eigenvalue weighted by molar-refractivity contribution is 5.93. The van der Waals surface area contributed by atoms with Crippen LogP contribution in [0, 0.1) is 20.8 Å². The molecule has 0 aliphatic carbocycles. The number of fused-ring (bicyclic) bond motifs is 1. The molecule has 1 fully saturated rings. The molecule has 2 aliphatic heterocycles. The van der Waals surface area contributed by atoms with Gasteiger partial charge in [-0.1, -0.05) is 35.9 Å². The van der Waals surface area contributed by atoms with Crippen molar-refractivity contribution in [3.05, 3.63) is 58.7 Å². The van der Waals surface area contributed by atoms with Gasteiger partial charge in [0.05, 0.1) is 13.1 Å². The summed E-state index contributed by atoms with van der Waals surface area (Å²) >= 11 is 0. The van der Waals surface area contributed by atoms with E-state index >= 15 is 0 Å². The van der Waals surface area contributed by atoms with Gasteiger partial charge in [-0.25, -0.2) is 0 Å². The van der Waals surface area contributed by atoms with Crippen molar-refractivity contribution >= 4 is 23.2 Å². The van der Waals surface area contributed by atoms with Crippen LogP contribution >= 0.6 is 0 Å². The van der Waals surface area contributed by atoms with Gasteiger partial charge in [-0.2, -0.15) is 0 Å². The molecule has 1 saturated heterocycles. The normalized spacial score (nSPS) is 16.6. The third kappa shape index (κ3) is 5.13. The van der Waals surface area contributed by atoms with Crippen LogP contribution in [0.25, 0.3) is 0 Å². The molecule has 6 heteroatoms. The topological polar surface area (TPSA) is 55.9 Å². The van der Waals surface area contributed by atoms with E-state index < -0.39 is 0 Å². The molecule has 1 N–H and O–H groups in total. The summed E-state index contributed by atoms with van der Waals surface area (Å²) in [6.07, 6.45) is 2.18. The zero-order valence-corrected chi connectivity index (χ0v) is 19.5. The molecule has 0 aromatic heterocycles. The first kappa shape index (κ1) is 22.3. The quantitative estimate of drug-likeness (QED) is 0.786. The molecule has 2 aromatic carbocycles. The Balaban J connectivity index is 1.27. The molecule has 0 atom stereocenters. The second-order valence-corrected chi connectivity index (χ2v) is 9.13. The van der Waals surface area contributed by atoms with Gasteiger partial charge in [0.15, 0.2) is 0 Å². The average Bonchev–Trinajstić information content (AvgIpc) is 2.77. The number of anilines is 2. The molecule has 32 heavy (non-hydrogen) atoms. The Morgan fingerprint density at radius 2 is 1.62 bits per heavy atom. The summed E-state index contributed by atoms with van der Waals surface area (Å²) in [5.74, 6) is 0.181. The van der Waals surface area contributed by atoms with Crippen LogP contribution in [0.15, 0.2) is 36.4 Å². The van der Waals surface area contributed by atoms with Crippen LogP contribution in [0.1, 0.15) is 28.7 Å². The predicted octanol–water partition coefficient (Wildman–Crippen LogP) is 3.15. The maximum absolute atomic E-state index is 13.0. The number of carbonyl (C=O) groups is 2. The zero-order valence-electron chi connectivity index (χ0n) is 19.5. The van der Waals surface area contributed by atoms with Gasteiger partial charge in [0, 0.05) is 44.1 Å². The van der Waals surface area contributed by atoms with Crippen molar-refractivity contribution < 1.29 is 9.59 Å². The van der Waals surface area contributed by atoms with Crippen molar-refractivity contribution in [1.29, 1.82) is 0 Å². The minimum Gasteiger partial charge on any atom is -0.362 e. The van der Waals surface area contributed by atoms with E-state index in [2.05, 4.69) is 40.2 Å². The number of carbonyl (C=O) groups excluding carboxylic acids is 2. The van der Waals surface area contributed by atoms with Crippen LogP contribution < -0.4 is 10.2 Å². The number of nitrogens with zero attached hydrogens (tertiary/aromatic N) is 3. The van der Waals surface area contributed by atoms with E-state index in [-0.39, 0.29) is 11.8 Å². The van der Waals surface area contributed by atoms with E-state index in [9.17, 15) is 9.59 Å². The zero-order chi connectivity index (χ0) is 22.7. The summed E-state index contributed by atoms with van der Waals surface area (Å²) in [5.41, 5.74) is 6.88. The van der Waals surface area contributed by atoms with Crippen molar-refractivity contribution in [2.45, 2.75) is 33.6 Å². The molecule has 0 radical (unpaired) electrons. The lowest BCUT2D eigenvalue weighted by atomic mass is 9.99. The highest BCUT2D eigenvalue weighted by Crippen LogP contribution is 2.28. The van der Waals surface area contributed by atoms with Crippen molar-refractivity contribution in [3.8, 4) is 0 Å². The lowest BCUT2D eigenvalue weighted by Crippen LogP contribution is -2.52. The van der Waals surface area contributed by atoms with Crippen LogP contribution in [0.4, 0.5) is 11.4 Å². The molecule has 170 valence electrons. The molecule has 0 saturated carbocycles. The number of benzene rings is 2. The Kier molecular flexibility index (Phi) is 6.80. The summed E-state index contributed by atoms with van der Waals surface area (Å²) in [4.78, 5) is 31.8. The second-order valence-electron chi connectivity index (χ2n) is 9.13. The number of piperazine rings is 1. The summed E-state index contributed by atoms with van der Waals surface area (Å²) < 4.78 is 0. The molecular weight excluding hydrogens is 400 g/mol. The molecule has 0 spiro atoms. The molecule has 2 amide bonds. The Labute approximate surface area is 191 Å². The largest absolute Gasteiger partial charge is 0.362 e. The van der Waals surface area contributed by atoms with Crippen LogP contribution in [0.3, 0.4) is 0 Å². The van der Waals surface area contributed by atoms with Crippen LogP contribution in [-0.2, 0) is 16.0 Å². The van der Waals surface area contributed by atoms with Gasteiger partial charge in [-0.05, 0) is 56.4 Å². The van der Waals surface area contributed by atoms with Crippen LogP contribution in [0.2, 0.25) is 0 Å². The lowest BCUT2D eigenvalue weighted by molar-refractivity contribution is -0.131. The Bertz CT molecular complexity index is 975. The average molecular weight is 435 g/mol. The SMILES string of the molecule is Cc1ccc2c(c1)CCCN2CC(=O)N1CCN(CC(=O)Nc2c(C)cccc2C)CC1. The summed E-state index contributed by atoms with van der Waals surface area (Å²) in [6, 6.07) is 12.5. The first-order valence-corrected chi connectivity index (χ1v) is 11.6. The second kappa shape index (κ2) is 9.74. The third-order valence-electron chi connectivity index (χ3n) is 6.61. The molecule has 0 bridgehead atoms. The van der Waals surface area contributed by atoms with E-state index in [0.717, 1.165) is 49.3 Å². The number of nitrogens with one attached hydrogen (secondary N) is 1. The molecule has 4 rings (SSSR count). The minimum absolute atomic E-state index is 0.00222. The third-order valence-corrected chi connectivity index (χ3v) is 6.61. The number of aryl methyl sites for hydroxylation is 4. The van der Waals surface area contributed by atoms with Crippen molar-refractivity contribution in [2.24, 2.45) is 0 Å². The molecular formula is C26H34N4O2. The standard InChI is InChI=1S/C26H34N4O2/c1-19-9-10-23-22(16-19)8-5-11-30(23)18-25(32)29-14-12-28(13-15-29)17-24(31)27-26-20(2)6-4-7-21(26)3/h4,6-7,9-10,16H,5,8,11-15,17-18H2,1-3H3,(H,27,31). The maximum atomic E-state index is 13.0. The van der Waals surface area contributed by atoms with Crippen LogP contribution in [0.5, 0.6) is 0 Å². The fraction of sp³-hybridized carbons (Fsp3) is 0.462. The van der Waals surface area contributed by atoms with Gasteiger partial charge in [-0.15, -0.1) is 0 Å². The number of amides is 2. The molecule has 2 aromatic rings. The lowest BCUT2D eigenvalue weighted by Gasteiger charge is -2.37. The number of hydrogen-bond acceptors (Lipinski definition) is 4. The van der Waals surface area contributed by atoms with Gasteiger partial charge in [-0.3, -0.25) is 14.5 Å². The van der Waals surface area contributed by atoms with Gasteiger partial charge in [0.2, 0.25) is 11.8 Å². The van der Waals surface area contributed by atoms with Gasteiger partial charge >= 0.3 is 0 Å². The van der Waals surface area contributed by atoms with Crippen molar-refractivity contribution in [1.82, 2.24) is 9.80 Å². The fourth-order valence-electron chi connectivity index (χ4n) is 4.78. The fourth-order valence-corrected chi connectivity index (χ4v) is 4.78. The van der Waals surface area contributed by atoms with E-state index in [1.54, 1.807) is 0 Å². The number of para-hydroxylation sites is 1. The predicted molar refractivity (Wildman–Crippen MR) is 129 cm³/mol. The van der Waals surface area contributed by atoms with Gasteiger partial charge in [0.1, 0.15) is 0 Å². The first-order chi connectivity index (χ1) is 15.4. The van der Waals surface area contributed by atoms with E-state index in [1.165, 1.54) is 16.8 Å². The van der Waals surface area contributed by atoms with E-state index in [4.69, 9.17) is 0 Å². The van der Waals surface area contributed by atoms with Crippen molar-refractivity contribution in [2.75, 3.05) is 56.0 Å². The van der Waals surface area contributed by atoms with Gasteiger partial charge < -0.3 is 15.1 Å². The Morgan fingerprint density at radius 1 is 0.906 bits per heavy atom. The molecule has 2 aliphatic rings. The number of rotatable bonds is 5. The van der Waals surface area contributed by atoms with Crippen molar-refractivity contribution in [3.63, 3.8) is 0 Å². The summed E-state index contributed by atoms with van der Waals surface area (Å²) in [6.45, 7) is 10.6. The number of hydrogen-bond donors (Lipinski definition) is 1. The monoisotopic (exact) mass is 434 g/mol. The van der Waals surface area contributed by atoms with Crippen LogP contribution in [-0.4, -0.2) is 67.4 Å². The van der Waals surface area contributed by atoms with E-state index in [1.807, 2.05) is 36.9 Å². The smallest absolute Gasteiger partial charge is 0.242 e.